The molecular weight excluding hydrogens is 328 g/mol. The fraction of sp³-hybridized carbons (Fsp3) is 0.667. The minimum absolute atomic E-state index is 0.397. The summed E-state index contributed by atoms with van der Waals surface area (Å²) in [7, 11) is 0. The Hall–Kier alpha value is -1.13. The van der Waals surface area contributed by atoms with Crippen LogP contribution in [-0.2, 0) is 11.3 Å². The number of hydrogen-bond acceptors (Lipinski definition) is 3. The molecule has 0 saturated carbocycles. The third kappa shape index (κ3) is 4.17. The molecule has 0 unspecified atom stereocenters. The fourth-order valence-electron chi connectivity index (χ4n) is 4.93. The zero-order valence-corrected chi connectivity index (χ0v) is 16.0. The molecule has 0 spiro atoms. The van der Waals surface area contributed by atoms with E-state index in [1.54, 1.807) is 11.3 Å². The van der Waals surface area contributed by atoms with E-state index in [9.17, 15) is 4.79 Å². The summed E-state index contributed by atoms with van der Waals surface area (Å²) in [4.78, 5) is 17.8. The lowest BCUT2D eigenvalue weighted by molar-refractivity contribution is -0.137. The highest BCUT2D eigenvalue weighted by Crippen LogP contribution is 2.32. The van der Waals surface area contributed by atoms with Crippen molar-refractivity contribution in [2.75, 3.05) is 19.6 Å². The Kier molecular flexibility index (Phi) is 5.57. The number of piperidine rings is 2. The lowest BCUT2D eigenvalue weighted by Gasteiger charge is -2.47. The van der Waals surface area contributed by atoms with Gasteiger partial charge < -0.3 is 4.90 Å². The molecule has 3 heterocycles. The second-order valence-electron chi connectivity index (χ2n) is 8.00. The Labute approximate surface area is 155 Å². The van der Waals surface area contributed by atoms with Crippen LogP contribution >= 0.6 is 11.3 Å². The second kappa shape index (κ2) is 8.05. The predicted molar refractivity (Wildman–Crippen MR) is 104 cm³/mol. The molecule has 2 atom stereocenters. The van der Waals surface area contributed by atoms with Crippen molar-refractivity contribution < 1.29 is 4.79 Å². The summed E-state index contributed by atoms with van der Waals surface area (Å²) in [5, 5.41) is 4.43. The first kappa shape index (κ1) is 17.3. The Balaban J connectivity index is 1.35. The van der Waals surface area contributed by atoms with Crippen molar-refractivity contribution in [3.63, 3.8) is 0 Å². The van der Waals surface area contributed by atoms with Crippen molar-refractivity contribution >= 4 is 17.2 Å². The van der Waals surface area contributed by atoms with Crippen molar-refractivity contribution in [3.05, 3.63) is 34.0 Å². The third-order valence-electron chi connectivity index (χ3n) is 6.22. The van der Waals surface area contributed by atoms with Gasteiger partial charge in [0.25, 0.3) is 0 Å². The Morgan fingerprint density at radius 3 is 2.96 bits per heavy atom. The standard InChI is InChI=1S/C21H30N2OS/c24-21(13-17-5-2-1-3-6-17)23-10-4-7-19-15-22(11-8-20(19)23)14-18-9-12-25-16-18/h5,9,12,16,19-20H,1-4,6-8,10-11,13-15H2/t19-,20-/m1/s1. The minimum Gasteiger partial charge on any atom is -0.339 e. The third-order valence-corrected chi connectivity index (χ3v) is 6.95. The summed E-state index contributed by atoms with van der Waals surface area (Å²) in [5.41, 5.74) is 2.84. The molecule has 136 valence electrons. The van der Waals surface area contributed by atoms with E-state index in [0.29, 0.717) is 24.3 Å². The number of thiophene rings is 1. The van der Waals surface area contributed by atoms with Gasteiger partial charge in [0.05, 0.1) is 0 Å². The van der Waals surface area contributed by atoms with Gasteiger partial charge >= 0.3 is 0 Å². The average molecular weight is 359 g/mol. The number of hydrogen-bond donors (Lipinski definition) is 0. The molecule has 2 fully saturated rings. The number of amides is 1. The van der Waals surface area contributed by atoms with E-state index >= 15 is 0 Å². The number of fused-ring (bicyclic) bond motifs is 1. The van der Waals surface area contributed by atoms with Gasteiger partial charge in [-0.2, -0.15) is 11.3 Å². The number of carbonyl (C=O) groups is 1. The Morgan fingerprint density at radius 1 is 1.20 bits per heavy atom. The van der Waals surface area contributed by atoms with Crippen LogP contribution in [0, 0.1) is 5.92 Å². The normalized spacial score (nSPS) is 27.7. The van der Waals surface area contributed by atoms with Gasteiger partial charge in [0, 0.05) is 38.6 Å². The molecule has 2 aliphatic heterocycles. The molecule has 1 amide bonds. The van der Waals surface area contributed by atoms with Crippen molar-refractivity contribution in [2.45, 2.75) is 64.0 Å². The van der Waals surface area contributed by atoms with E-state index < -0.39 is 0 Å². The maximum atomic E-state index is 12.9. The summed E-state index contributed by atoms with van der Waals surface area (Å²) in [6.07, 6.45) is 11.5. The molecular formula is C21H30N2OS. The summed E-state index contributed by atoms with van der Waals surface area (Å²) < 4.78 is 0. The molecule has 3 aliphatic rings. The van der Waals surface area contributed by atoms with E-state index in [1.165, 1.54) is 43.2 Å². The molecule has 0 N–H and O–H groups in total. The monoisotopic (exact) mass is 358 g/mol. The first-order valence-corrected chi connectivity index (χ1v) is 10.9. The van der Waals surface area contributed by atoms with Crippen molar-refractivity contribution in [1.29, 1.82) is 0 Å². The van der Waals surface area contributed by atoms with Gasteiger partial charge in [-0.15, -0.1) is 0 Å². The zero-order chi connectivity index (χ0) is 17.1. The molecule has 4 rings (SSSR count). The zero-order valence-electron chi connectivity index (χ0n) is 15.2. The van der Waals surface area contributed by atoms with Crippen LogP contribution < -0.4 is 0 Å². The number of carbonyl (C=O) groups excluding carboxylic acids is 1. The van der Waals surface area contributed by atoms with Gasteiger partial charge in [-0.05, 0) is 73.3 Å². The van der Waals surface area contributed by atoms with Crippen LogP contribution in [0.5, 0.6) is 0 Å². The maximum absolute atomic E-state index is 12.9. The topological polar surface area (TPSA) is 23.6 Å². The van der Waals surface area contributed by atoms with Gasteiger partial charge in [-0.1, -0.05) is 11.6 Å². The van der Waals surface area contributed by atoms with Crippen LogP contribution in [0.2, 0.25) is 0 Å². The summed E-state index contributed by atoms with van der Waals surface area (Å²) in [6, 6.07) is 2.73. The number of nitrogens with zero attached hydrogens (tertiary/aromatic N) is 2. The molecule has 0 bridgehead atoms. The number of likely N-dealkylation sites (tertiary alicyclic amines) is 2. The minimum atomic E-state index is 0.397. The van der Waals surface area contributed by atoms with Gasteiger partial charge in [0.2, 0.25) is 5.91 Å². The summed E-state index contributed by atoms with van der Waals surface area (Å²) >= 11 is 1.79. The predicted octanol–water partition coefficient (Wildman–Crippen LogP) is 4.45. The largest absolute Gasteiger partial charge is 0.339 e. The molecule has 1 aromatic heterocycles. The highest BCUT2D eigenvalue weighted by atomic mass is 32.1. The highest BCUT2D eigenvalue weighted by molar-refractivity contribution is 7.07. The SMILES string of the molecule is O=C(CC1=CCCCC1)N1CCC[C@@H]2CN(Cc3ccsc3)CC[C@H]21. The molecule has 4 heteroatoms. The van der Waals surface area contributed by atoms with Crippen molar-refractivity contribution in [1.82, 2.24) is 9.80 Å². The molecule has 3 nitrogen and oxygen atoms in total. The molecule has 0 radical (unpaired) electrons. The fourth-order valence-corrected chi connectivity index (χ4v) is 5.59. The molecule has 1 aromatic rings. The Morgan fingerprint density at radius 2 is 2.16 bits per heavy atom. The number of rotatable bonds is 4. The summed E-state index contributed by atoms with van der Waals surface area (Å²) in [5.74, 6) is 1.07. The lowest BCUT2D eigenvalue weighted by atomic mass is 9.83. The van der Waals surface area contributed by atoms with E-state index in [-0.39, 0.29) is 0 Å². The van der Waals surface area contributed by atoms with E-state index in [1.807, 2.05) is 0 Å². The Bertz CT molecular complexity index is 609. The molecule has 1 aliphatic carbocycles. The van der Waals surface area contributed by atoms with E-state index in [0.717, 1.165) is 39.0 Å². The summed E-state index contributed by atoms with van der Waals surface area (Å²) in [6.45, 7) is 4.35. The van der Waals surface area contributed by atoms with Gasteiger partial charge in [-0.25, -0.2) is 0 Å². The van der Waals surface area contributed by atoms with Crippen LogP contribution in [0.3, 0.4) is 0 Å². The van der Waals surface area contributed by atoms with Gasteiger partial charge in [0.15, 0.2) is 0 Å². The molecule has 25 heavy (non-hydrogen) atoms. The highest BCUT2D eigenvalue weighted by Gasteiger charge is 2.37. The molecule has 0 aromatic carbocycles. The lowest BCUT2D eigenvalue weighted by Crippen LogP contribution is -2.55. The van der Waals surface area contributed by atoms with E-state index in [2.05, 4.69) is 32.7 Å². The van der Waals surface area contributed by atoms with Crippen molar-refractivity contribution in [2.24, 2.45) is 5.92 Å². The van der Waals surface area contributed by atoms with Crippen LogP contribution in [0.4, 0.5) is 0 Å². The first-order chi connectivity index (χ1) is 12.3. The number of allylic oxidation sites excluding steroid dienone is 1. The first-order valence-electron chi connectivity index (χ1n) is 10.0. The smallest absolute Gasteiger partial charge is 0.226 e. The van der Waals surface area contributed by atoms with Crippen LogP contribution in [0.25, 0.3) is 0 Å². The van der Waals surface area contributed by atoms with Crippen molar-refractivity contribution in [3.8, 4) is 0 Å². The van der Waals surface area contributed by atoms with Gasteiger partial charge in [0.1, 0.15) is 0 Å². The van der Waals surface area contributed by atoms with Crippen LogP contribution in [0.1, 0.15) is 56.9 Å². The van der Waals surface area contributed by atoms with Crippen LogP contribution in [-0.4, -0.2) is 41.4 Å². The van der Waals surface area contributed by atoms with E-state index in [4.69, 9.17) is 0 Å². The maximum Gasteiger partial charge on any atom is 0.226 e. The second-order valence-corrected chi connectivity index (χ2v) is 8.78. The van der Waals surface area contributed by atoms with Crippen LogP contribution in [0.15, 0.2) is 28.5 Å². The average Bonchev–Trinajstić information content (AvgIpc) is 3.15. The quantitative estimate of drug-likeness (QED) is 0.742. The van der Waals surface area contributed by atoms with Gasteiger partial charge in [-0.3, -0.25) is 9.69 Å². The molecule has 2 saturated heterocycles.